The zero-order valence-corrected chi connectivity index (χ0v) is 9.17. The third-order valence-electron chi connectivity index (χ3n) is 2.27. The number of aryl methyl sites for hydroxylation is 1. The standard InChI is InChI=1S/C12H19NO/c1-9(2)7-13-12-6-4-5-10(3)11(12)8-14/h4-6,9,13-14H,7-8H2,1-3H3. The summed E-state index contributed by atoms with van der Waals surface area (Å²) in [4.78, 5) is 0. The highest BCUT2D eigenvalue weighted by Gasteiger charge is 2.03. The van der Waals surface area contributed by atoms with Gasteiger partial charge in [0.05, 0.1) is 6.61 Å². The molecule has 1 aromatic rings. The number of anilines is 1. The summed E-state index contributed by atoms with van der Waals surface area (Å²) < 4.78 is 0. The highest BCUT2D eigenvalue weighted by atomic mass is 16.3. The average molecular weight is 193 g/mol. The van der Waals surface area contributed by atoms with Crippen LogP contribution in [0.1, 0.15) is 25.0 Å². The summed E-state index contributed by atoms with van der Waals surface area (Å²) in [6.07, 6.45) is 0. The number of benzene rings is 1. The van der Waals surface area contributed by atoms with Gasteiger partial charge in [-0.05, 0) is 24.5 Å². The first-order valence-electron chi connectivity index (χ1n) is 5.08. The summed E-state index contributed by atoms with van der Waals surface area (Å²) in [6.45, 7) is 7.40. The van der Waals surface area contributed by atoms with Gasteiger partial charge in [0.1, 0.15) is 0 Å². The van der Waals surface area contributed by atoms with Crippen LogP contribution >= 0.6 is 0 Å². The van der Waals surface area contributed by atoms with Crippen molar-refractivity contribution in [2.75, 3.05) is 11.9 Å². The highest BCUT2D eigenvalue weighted by Crippen LogP contribution is 2.19. The molecule has 0 aliphatic rings. The minimum Gasteiger partial charge on any atom is -0.392 e. The van der Waals surface area contributed by atoms with Gasteiger partial charge in [0.2, 0.25) is 0 Å². The second-order valence-electron chi connectivity index (χ2n) is 4.03. The Hall–Kier alpha value is -1.02. The Bertz CT molecular complexity index is 294. The summed E-state index contributed by atoms with van der Waals surface area (Å²) in [7, 11) is 0. The molecule has 0 bridgehead atoms. The molecule has 1 rings (SSSR count). The number of nitrogens with one attached hydrogen (secondary N) is 1. The molecule has 2 N–H and O–H groups in total. The average Bonchev–Trinajstić information content (AvgIpc) is 2.14. The van der Waals surface area contributed by atoms with E-state index in [-0.39, 0.29) is 6.61 Å². The number of aliphatic hydroxyl groups is 1. The van der Waals surface area contributed by atoms with Gasteiger partial charge in [-0.25, -0.2) is 0 Å². The fourth-order valence-corrected chi connectivity index (χ4v) is 1.39. The number of hydrogen-bond donors (Lipinski definition) is 2. The molecule has 0 saturated heterocycles. The molecule has 0 unspecified atom stereocenters. The summed E-state index contributed by atoms with van der Waals surface area (Å²) in [5, 5.41) is 12.6. The second kappa shape index (κ2) is 5.01. The van der Waals surface area contributed by atoms with E-state index < -0.39 is 0 Å². The van der Waals surface area contributed by atoms with Gasteiger partial charge in [0, 0.05) is 17.8 Å². The first-order chi connectivity index (χ1) is 6.65. The molecule has 0 atom stereocenters. The molecule has 0 spiro atoms. The first-order valence-corrected chi connectivity index (χ1v) is 5.08. The third kappa shape index (κ3) is 2.74. The van der Waals surface area contributed by atoms with Crippen LogP contribution in [-0.4, -0.2) is 11.7 Å². The van der Waals surface area contributed by atoms with Crippen LogP contribution in [0.3, 0.4) is 0 Å². The van der Waals surface area contributed by atoms with Crippen molar-refractivity contribution in [3.8, 4) is 0 Å². The van der Waals surface area contributed by atoms with E-state index in [1.807, 2.05) is 25.1 Å². The van der Waals surface area contributed by atoms with Crippen molar-refractivity contribution in [2.24, 2.45) is 5.92 Å². The molecule has 2 heteroatoms. The van der Waals surface area contributed by atoms with E-state index in [2.05, 4.69) is 19.2 Å². The zero-order valence-electron chi connectivity index (χ0n) is 9.17. The number of aliphatic hydroxyl groups excluding tert-OH is 1. The number of hydrogen-bond acceptors (Lipinski definition) is 2. The quantitative estimate of drug-likeness (QED) is 0.770. The zero-order chi connectivity index (χ0) is 10.6. The lowest BCUT2D eigenvalue weighted by molar-refractivity contribution is 0.281. The Kier molecular flexibility index (Phi) is 3.96. The van der Waals surface area contributed by atoms with E-state index in [0.717, 1.165) is 23.4 Å². The van der Waals surface area contributed by atoms with Gasteiger partial charge in [-0.2, -0.15) is 0 Å². The Balaban J connectivity index is 2.80. The Morgan fingerprint density at radius 1 is 1.36 bits per heavy atom. The topological polar surface area (TPSA) is 32.3 Å². The largest absolute Gasteiger partial charge is 0.392 e. The van der Waals surface area contributed by atoms with Crippen LogP contribution in [0.4, 0.5) is 5.69 Å². The van der Waals surface area contributed by atoms with Crippen molar-refractivity contribution in [1.29, 1.82) is 0 Å². The summed E-state index contributed by atoms with van der Waals surface area (Å²) in [5.41, 5.74) is 3.20. The fourth-order valence-electron chi connectivity index (χ4n) is 1.39. The van der Waals surface area contributed by atoms with E-state index in [1.165, 1.54) is 0 Å². The van der Waals surface area contributed by atoms with Gasteiger partial charge in [-0.15, -0.1) is 0 Å². The predicted octanol–water partition coefficient (Wildman–Crippen LogP) is 2.56. The maximum absolute atomic E-state index is 9.22. The molecular weight excluding hydrogens is 174 g/mol. The summed E-state index contributed by atoms with van der Waals surface area (Å²) >= 11 is 0. The second-order valence-corrected chi connectivity index (χ2v) is 4.03. The molecule has 0 radical (unpaired) electrons. The smallest absolute Gasteiger partial charge is 0.0704 e. The van der Waals surface area contributed by atoms with Crippen LogP contribution in [0, 0.1) is 12.8 Å². The van der Waals surface area contributed by atoms with Crippen molar-refractivity contribution in [1.82, 2.24) is 0 Å². The summed E-state index contributed by atoms with van der Waals surface area (Å²) in [6, 6.07) is 6.05. The highest BCUT2D eigenvalue weighted by molar-refractivity contribution is 5.54. The minimum atomic E-state index is 0.104. The third-order valence-corrected chi connectivity index (χ3v) is 2.27. The molecule has 14 heavy (non-hydrogen) atoms. The van der Waals surface area contributed by atoms with E-state index in [1.54, 1.807) is 0 Å². The van der Waals surface area contributed by atoms with Crippen LogP contribution in [0.5, 0.6) is 0 Å². The van der Waals surface area contributed by atoms with Gasteiger partial charge in [-0.3, -0.25) is 0 Å². The molecule has 0 amide bonds. The fraction of sp³-hybridized carbons (Fsp3) is 0.500. The van der Waals surface area contributed by atoms with Gasteiger partial charge < -0.3 is 10.4 Å². The normalized spacial score (nSPS) is 10.6. The van der Waals surface area contributed by atoms with Crippen LogP contribution < -0.4 is 5.32 Å². The SMILES string of the molecule is Cc1cccc(NCC(C)C)c1CO. The minimum absolute atomic E-state index is 0.104. The van der Waals surface area contributed by atoms with Crippen LogP contribution in [0.2, 0.25) is 0 Å². The van der Waals surface area contributed by atoms with E-state index in [4.69, 9.17) is 0 Å². The molecular formula is C12H19NO. The lowest BCUT2D eigenvalue weighted by Crippen LogP contribution is -2.10. The molecule has 0 heterocycles. The maximum atomic E-state index is 9.22. The predicted molar refractivity (Wildman–Crippen MR) is 60.4 cm³/mol. The van der Waals surface area contributed by atoms with E-state index in [9.17, 15) is 5.11 Å². The van der Waals surface area contributed by atoms with Crippen LogP contribution in [0.15, 0.2) is 18.2 Å². The lowest BCUT2D eigenvalue weighted by Gasteiger charge is -2.14. The molecule has 0 aliphatic heterocycles. The maximum Gasteiger partial charge on any atom is 0.0704 e. The van der Waals surface area contributed by atoms with Crippen molar-refractivity contribution in [3.63, 3.8) is 0 Å². The van der Waals surface area contributed by atoms with Crippen molar-refractivity contribution in [3.05, 3.63) is 29.3 Å². The van der Waals surface area contributed by atoms with Crippen molar-refractivity contribution < 1.29 is 5.11 Å². The van der Waals surface area contributed by atoms with E-state index >= 15 is 0 Å². The molecule has 78 valence electrons. The monoisotopic (exact) mass is 193 g/mol. The first kappa shape index (κ1) is 11.1. The Morgan fingerprint density at radius 2 is 2.07 bits per heavy atom. The lowest BCUT2D eigenvalue weighted by atomic mass is 10.1. The van der Waals surface area contributed by atoms with E-state index in [0.29, 0.717) is 5.92 Å². The molecule has 0 aliphatic carbocycles. The summed E-state index contributed by atoms with van der Waals surface area (Å²) in [5.74, 6) is 0.613. The number of rotatable bonds is 4. The van der Waals surface area contributed by atoms with Gasteiger partial charge >= 0.3 is 0 Å². The Labute approximate surface area is 86.0 Å². The Morgan fingerprint density at radius 3 is 2.64 bits per heavy atom. The van der Waals surface area contributed by atoms with Gasteiger partial charge in [-0.1, -0.05) is 26.0 Å². The molecule has 0 fully saturated rings. The molecule has 0 saturated carbocycles. The van der Waals surface area contributed by atoms with Gasteiger partial charge in [0.25, 0.3) is 0 Å². The van der Waals surface area contributed by atoms with Crippen LogP contribution in [0.25, 0.3) is 0 Å². The molecule has 1 aromatic carbocycles. The van der Waals surface area contributed by atoms with Crippen LogP contribution in [-0.2, 0) is 6.61 Å². The van der Waals surface area contributed by atoms with Crippen molar-refractivity contribution >= 4 is 5.69 Å². The van der Waals surface area contributed by atoms with Gasteiger partial charge in [0.15, 0.2) is 0 Å². The molecule has 0 aromatic heterocycles. The van der Waals surface area contributed by atoms with Crippen molar-refractivity contribution in [2.45, 2.75) is 27.4 Å². The molecule has 2 nitrogen and oxygen atoms in total.